The monoisotopic (exact) mass is 274 g/mol. The van der Waals surface area contributed by atoms with Crippen LogP contribution in [0.1, 0.15) is 5.82 Å². The largest absolute Gasteiger partial charge is 0.480 e. The lowest BCUT2D eigenvalue weighted by atomic mass is 10.2. The van der Waals surface area contributed by atoms with Gasteiger partial charge in [-0.05, 0) is 12.1 Å². The molecule has 2 aromatic rings. The second-order valence-corrected chi connectivity index (χ2v) is 4.14. The van der Waals surface area contributed by atoms with Gasteiger partial charge in [0, 0.05) is 6.54 Å². The van der Waals surface area contributed by atoms with E-state index in [0.29, 0.717) is 23.3 Å². The van der Waals surface area contributed by atoms with Gasteiger partial charge in [-0.3, -0.25) is 9.36 Å². The molecule has 0 fully saturated rings. The number of aromatic nitrogens is 2. The number of carboxylic acids is 1. The fourth-order valence-electron chi connectivity index (χ4n) is 1.87. The third-order valence-corrected chi connectivity index (χ3v) is 2.71. The number of aliphatic carboxylic acids is 1. The smallest absolute Gasteiger partial charge is 0.329 e. The van der Waals surface area contributed by atoms with Crippen LogP contribution in [0, 0.1) is 0 Å². The van der Waals surface area contributed by atoms with Gasteiger partial charge in [-0.1, -0.05) is 18.2 Å². The molecule has 2 rings (SSSR count). The maximum absolute atomic E-state index is 12.3. The van der Waals surface area contributed by atoms with Crippen LogP contribution in [0.4, 0.5) is 0 Å². The van der Waals surface area contributed by atoms with E-state index in [4.69, 9.17) is 9.84 Å². The summed E-state index contributed by atoms with van der Waals surface area (Å²) in [6.07, 6.45) is 1.58. The van der Waals surface area contributed by atoms with Crippen LogP contribution < -0.4 is 5.56 Å². The van der Waals surface area contributed by atoms with Gasteiger partial charge in [0.15, 0.2) is 0 Å². The number of nitrogens with zero attached hydrogens (tertiary/aromatic N) is 2. The lowest BCUT2D eigenvalue weighted by molar-refractivity contribution is -0.142. The minimum atomic E-state index is -1.07. The first-order valence-corrected chi connectivity index (χ1v) is 6.02. The average molecular weight is 274 g/mol. The summed E-state index contributed by atoms with van der Waals surface area (Å²) in [6, 6.07) is 6.99. The van der Waals surface area contributed by atoms with Gasteiger partial charge in [0.2, 0.25) is 0 Å². The van der Waals surface area contributed by atoms with Crippen LogP contribution in [0.5, 0.6) is 0 Å². The van der Waals surface area contributed by atoms with Crippen molar-refractivity contribution in [2.45, 2.75) is 13.2 Å². The van der Waals surface area contributed by atoms with Crippen molar-refractivity contribution in [1.82, 2.24) is 9.55 Å². The zero-order valence-electron chi connectivity index (χ0n) is 10.8. The molecule has 6 nitrogen and oxygen atoms in total. The number of para-hydroxylation sites is 1. The minimum absolute atomic E-state index is 0.0415. The molecule has 104 valence electrons. The number of hydrogen-bond acceptors (Lipinski definition) is 4. The molecule has 0 amide bonds. The topological polar surface area (TPSA) is 81.4 Å². The predicted octanol–water partition coefficient (Wildman–Crippen LogP) is 1.18. The second kappa shape index (κ2) is 6.12. The number of benzene rings is 1. The standard InChI is InChI=1S/C14H14N2O4/c1-2-7-16-12(8-20-9-13(17)18)15-11-6-4-3-5-10(11)14(16)19/h2-6H,1,7-9H2,(H,17,18). The summed E-state index contributed by atoms with van der Waals surface area (Å²) >= 11 is 0. The zero-order chi connectivity index (χ0) is 14.5. The molecule has 1 heterocycles. The molecule has 0 aliphatic heterocycles. The van der Waals surface area contributed by atoms with Gasteiger partial charge < -0.3 is 9.84 Å². The van der Waals surface area contributed by atoms with E-state index in [1.54, 1.807) is 30.3 Å². The van der Waals surface area contributed by atoms with E-state index in [1.165, 1.54) is 4.57 Å². The Hall–Kier alpha value is -2.47. The number of ether oxygens (including phenoxy) is 1. The van der Waals surface area contributed by atoms with Crippen LogP contribution in [-0.4, -0.2) is 27.2 Å². The van der Waals surface area contributed by atoms with E-state index in [1.807, 2.05) is 0 Å². The molecule has 0 unspecified atom stereocenters. The van der Waals surface area contributed by atoms with Crippen molar-refractivity contribution in [2.75, 3.05) is 6.61 Å². The highest BCUT2D eigenvalue weighted by Gasteiger charge is 2.10. The van der Waals surface area contributed by atoms with E-state index >= 15 is 0 Å². The SMILES string of the molecule is C=CCn1c(COCC(=O)O)nc2ccccc2c1=O. The van der Waals surface area contributed by atoms with Crippen molar-refractivity contribution in [3.05, 3.63) is 53.1 Å². The Morgan fingerprint density at radius 2 is 2.20 bits per heavy atom. The Balaban J connectivity index is 2.45. The highest BCUT2D eigenvalue weighted by Crippen LogP contribution is 2.08. The third kappa shape index (κ3) is 2.92. The number of rotatable bonds is 6. The quantitative estimate of drug-likeness (QED) is 0.800. The van der Waals surface area contributed by atoms with Crippen molar-refractivity contribution in [2.24, 2.45) is 0 Å². The van der Waals surface area contributed by atoms with Gasteiger partial charge in [0.05, 0.1) is 10.9 Å². The van der Waals surface area contributed by atoms with Crippen LogP contribution in [0.2, 0.25) is 0 Å². The average Bonchev–Trinajstić information content (AvgIpc) is 2.42. The van der Waals surface area contributed by atoms with Crippen LogP contribution in [0.25, 0.3) is 10.9 Å². The molecule has 20 heavy (non-hydrogen) atoms. The zero-order valence-corrected chi connectivity index (χ0v) is 10.8. The first kappa shape index (κ1) is 14.0. The summed E-state index contributed by atoms with van der Waals surface area (Å²) in [5.74, 6) is -0.682. The molecule has 1 aromatic carbocycles. The number of hydrogen-bond donors (Lipinski definition) is 1. The molecule has 0 aliphatic rings. The Kier molecular flexibility index (Phi) is 4.27. The van der Waals surface area contributed by atoms with Crippen LogP contribution in [-0.2, 0) is 22.7 Å². The normalized spacial score (nSPS) is 10.6. The summed E-state index contributed by atoms with van der Waals surface area (Å²) < 4.78 is 6.44. The van der Waals surface area contributed by atoms with Gasteiger partial charge in [-0.15, -0.1) is 6.58 Å². The third-order valence-electron chi connectivity index (χ3n) is 2.71. The predicted molar refractivity (Wildman–Crippen MR) is 73.5 cm³/mol. The lowest BCUT2D eigenvalue weighted by Crippen LogP contribution is -2.25. The maximum Gasteiger partial charge on any atom is 0.329 e. The van der Waals surface area contributed by atoms with Crippen molar-refractivity contribution in [3.8, 4) is 0 Å². The van der Waals surface area contributed by atoms with Crippen molar-refractivity contribution < 1.29 is 14.6 Å². The first-order valence-electron chi connectivity index (χ1n) is 6.02. The Labute approximate surface area is 114 Å². The molecule has 0 atom stereocenters. The summed E-state index contributed by atoms with van der Waals surface area (Å²) in [5.41, 5.74) is 0.371. The van der Waals surface area contributed by atoms with Gasteiger partial charge in [0.1, 0.15) is 19.0 Å². The second-order valence-electron chi connectivity index (χ2n) is 4.14. The van der Waals surface area contributed by atoms with Crippen molar-refractivity contribution in [3.63, 3.8) is 0 Å². The van der Waals surface area contributed by atoms with Crippen LogP contribution >= 0.6 is 0 Å². The lowest BCUT2D eigenvalue weighted by Gasteiger charge is -2.11. The summed E-state index contributed by atoms with van der Waals surface area (Å²) in [6.45, 7) is 3.42. The highest BCUT2D eigenvalue weighted by atomic mass is 16.5. The molecule has 0 aliphatic carbocycles. The van der Waals surface area contributed by atoms with Crippen LogP contribution in [0.15, 0.2) is 41.7 Å². The molecular formula is C14H14N2O4. The summed E-state index contributed by atoms with van der Waals surface area (Å²) in [4.78, 5) is 27.1. The Morgan fingerprint density at radius 1 is 1.45 bits per heavy atom. The Bertz CT molecular complexity index is 706. The minimum Gasteiger partial charge on any atom is -0.480 e. The Morgan fingerprint density at radius 3 is 2.90 bits per heavy atom. The summed E-state index contributed by atoms with van der Waals surface area (Å²) in [7, 11) is 0. The molecule has 1 N–H and O–H groups in total. The number of allylic oxidation sites excluding steroid dienone is 1. The molecule has 0 spiro atoms. The van der Waals surface area contributed by atoms with Crippen molar-refractivity contribution >= 4 is 16.9 Å². The van der Waals surface area contributed by atoms with Gasteiger partial charge >= 0.3 is 5.97 Å². The van der Waals surface area contributed by atoms with E-state index < -0.39 is 12.6 Å². The van der Waals surface area contributed by atoms with Gasteiger partial charge in [0.25, 0.3) is 5.56 Å². The number of carboxylic acid groups (broad SMARTS) is 1. The molecular weight excluding hydrogens is 260 g/mol. The van der Waals surface area contributed by atoms with Gasteiger partial charge in [-0.2, -0.15) is 0 Å². The first-order chi connectivity index (χ1) is 9.63. The van der Waals surface area contributed by atoms with Crippen LogP contribution in [0.3, 0.4) is 0 Å². The molecule has 0 saturated heterocycles. The maximum atomic E-state index is 12.3. The van der Waals surface area contributed by atoms with E-state index in [9.17, 15) is 9.59 Å². The van der Waals surface area contributed by atoms with E-state index in [-0.39, 0.29) is 12.2 Å². The molecule has 0 bridgehead atoms. The number of fused-ring (bicyclic) bond motifs is 1. The molecule has 0 radical (unpaired) electrons. The molecule has 0 saturated carbocycles. The van der Waals surface area contributed by atoms with Crippen molar-refractivity contribution in [1.29, 1.82) is 0 Å². The van der Waals surface area contributed by atoms with E-state index in [0.717, 1.165) is 0 Å². The fourth-order valence-corrected chi connectivity index (χ4v) is 1.87. The molecule has 1 aromatic heterocycles. The van der Waals surface area contributed by atoms with Gasteiger partial charge in [-0.25, -0.2) is 9.78 Å². The highest BCUT2D eigenvalue weighted by molar-refractivity contribution is 5.77. The fraction of sp³-hybridized carbons (Fsp3) is 0.214. The number of carbonyl (C=O) groups is 1. The molecule has 6 heteroatoms. The summed E-state index contributed by atoms with van der Waals surface area (Å²) in [5, 5.41) is 9.07. The van der Waals surface area contributed by atoms with E-state index in [2.05, 4.69) is 11.6 Å².